The van der Waals surface area contributed by atoms with Crippen LogP contribution in [0.4, 0.5) is 0 Å². The lowest BCUT2D eigenvalue weighted by Crippen LogP contribution is -1.97. The van der Waals surface area contributed by atoms with Gasteiger partial charge in [0, 0.05) is 16.3 Å². The Morgan fingerprint density at radius 1 is 1.57 bits per heavy atom. The first-order valence-corrected chi connectivity index (χ1v) is 5.78. The van der Waals surface area contributed by atoms with E-state index >= 15 is 0 Å². The van der Waals surface area contributed by atoms with Crippen LogP contribution in [0.1, 0.15) is 12.0 Å². The van der Waals surface area contributed by atoms with Crippen molar-refractivity contribution in [2.45, 2.75) is 17.7 Å². The molecule has 1 rings (SSSR count). The van der Waals surface area contributed by atoms with E-state index in [0.29, 0.717) is 11.4 Å². The summed E-state index contributed by atoms with van der Waals surface area (Å²) >= 11 is 7.60. The van der Waals surface area contributed by atoms with Crippen molar-refractivity contribution in [2.24, 2.45) is 0 Å². The zero-order chi connectivity index (χ0) is 10.6. The van der Waals surface area contributed by atoms with E-state index in [9.17, 15) is 4.79 Å². The van der Waals surface area contributed by atoms with Gasteiger partial charge in [-0.15, -0.1) is 11.8 Å². The summed E-state index contributed by atoms with van der Waals surface area (Å²) in [5.74, 6) is -0.796. The third kappa shape index (κ3) is 3.24. The second kappa shape index (κ2) is 5.27. The minimum atomic E-state index is -0.796. The van der Waals surface area contributed by atoms with Crippen LogP contribution in [0.3, 0.4) is 0 Å². The number of aliphatic carboxylic acids is 1. The second-order valence-corrected chi connectivity index (χ2v) is 4.14. The van der Waals surface area contributed by atoms with Gasteiger partial charge in [0.05, 0.1) is 0 Å². The number of aryl methyl sites for hydroxylation is 1. The molecule has 0 radical (unpaired) electrons. The molecule has 0 fully saturated rings. The van der Waals surface area contributed by atoms with E-state index in [-0.39, 0.29) is 6.42 Å². The van der Waals surface area contributed by atoms with Crippen LogP contribution in [0.15, 0.2) is 23.1 Å². The van der Waals surface area contributed by atoms with Gasteiger partial charge in [-0.25, -0.2) is 0 Å². The third-order valence-corrected chi connectivity index (χ3v) is 2.95. The maximum atomic E-state index is 10.4. The lowest BCUT2D eigenvalue weighted by atomic mass is 10.1. The van der Waals surface area contributed by atoms with E-state index in [1.807, 2.05) is 24.5 Å². The summed E-state index contributed by atoms with van der Waals surface area (Å²) in [5.41, 5.74) is 0.895. The molecule has 0 spiro atoms. The Balaban J connectivity index is 2.73. The molecule has 1 aromatic carbocycles. The van der Waals surface area contributed by atoms with Gasteiger partial charge < -0.3 is 5.11 Å². The summed E-state index contributed by atoms with van der Waals surface area (Å²) in [6.45, 7) is 0. The summed E-state index contributed by atoms with van der Waals surface area (Å²) in [6, 6.07) is 5.70. The largest absolute Gasteiger partial charge is 0.481 e. The fraction of sp³-hybridized carbons (Fsp3) is 0.300. The van der Waals surface area contributed by atoms with Crippen LogP contribution in [0.5, 0.6) is 0 Å². The van der Waals surface area contributed by atoms with Gasteiger partial charge >= 0.3 is 5.97 Å². The van der Waals surface area contributed by atoms with Crippen molar-refractivity contribution in [1.82, 2.24) is 0 Å². The summed E-state index contributed by atoms with van der Waals surface area (Å²) in [6.07, 6.45) is 2.59. The van der Waals surface area contributed by atoms with E-state index in [1.54, 1.807) is 11.8 Å². The predicted molar refractivity (Wildman–Crippen MR) is 59.2 cm³/mol. The van der Waals surface area contributed by atoms with Gasteiger partial charge in [0.15, 0.2) is 0 Å². The predicted octanol–water partition coefficient (Wildman–Crippen LogP) is 3.08. The summed E-state index contributed by atoms with van der Waals surface area (Å²) in [4.78, 5) is 11.5. The molecule has 0 atom stereocenters. The zero-order valence-electron chi connectivity index (χ0n) is 7.79. The highest BCUT2D eigenvalue weighted by molar-refractivity contribution is 7.98. The number of carboxylic acids is 1. The molecular formula is C10H11ClO2S. The Labute approximate surface area is 92.3 Å². The van der Waals surface area contributed by atoms with Crippen LogP contribution >= 0.6 is 23.4 Å². The smallest absolute Gasteiger partial charge is 0.303 e. The third-order valence-electron chi connectivity index (χ3n) is 1.87. The van der Waals surface area contributed by atoms with Crippen LogP contribution in [0, 0.1) is 0 Å². The topological polar surface area (TPSA) is 37.3 Å². The molecule has 0 unspecified atom stereocenters. The molecular weight excluding hydrogens is 220 g/mol. The minimum Gasteiger partial charge on any atom is -0.481 e. The molecule has 0 bridgehead atoms. The molecule has 1 aromatic rings. The first-order chi connectivity index (χ1) is 6.63. The maximum Gasteiger partial charge on any atom is 0.303 e. The van der Waals surface area contributed by atoms with Crippen molar-refractivity contribution in [3.05, 3.63) is 28.8 Å². The highest BCUT2D eigenvalue weighted by Crippen LogP contribution is 2.24. The molecule has 1 N–H and O–H groups in total. The quantitative estimate of drug-likeness (QED) is 0.808. The molecule has 76 valence electrons. The second-order valence-electron chi connectivity index (χ2n) is 2.85. The Morgan fingerprint density at radius 3 is 2.79 bits per heavy atom. The standard InChI is InChI=1S/C10H11ClO2S/c1-14-8-4-2-7(9(11)6-8)3-5-10(12)13/h2,4,6H,3,5H2,1H3,(H,12,13). The number of thioether (sulfide) groups is 1. The molecule has 0 aliphatic rings. The molecule has 0 heterocycles. The Morgan fingerprint density at radius 2 is 2.29 bits per heavy atom. The van der Waals surface area contributed by atoms with Gasteiger partial charge in [0.25, 0.3) is 0 Å². The highest BCUT2D eigenvalue weighted by atomic mass is 35.5. The van der Waals surface area contributed by atoms with Crippen molar-refractivity contribution in [1.29, 1.82) is 0 Å². The zero-order valence-corrected chi connectivity index (χ0v) is 9.36. The number of rotatable bonds is 4. The van der Waals surface area contributed by atoms with Crippen molar-refractivity contribution >= 4 is 29.3 Å². The average molecular weight is 231 g/mol. The fourth-order valence-electron chi connectivity index (χ4n) is 1.10. The normalized spacial score (nSPS) is 10.1. The van der Waals surface area contributed by atoms with Gasteiger partial charge in [-0.2, -0.15) is 0 Å². The molecule has 0 aliphatic heterocycles. The average Bonchev–Trinajstić information content (AvgIpc) is 2.15. The highest BCUT2D eigenvalue weighted by Gasteiger charge is 2.04. The first kappa shape index (κ1) is 11.4. The number of carbonyl (C=O) groups is 1. The van der Waals surface area contributed by atoms with E-state index in [0.717, 1.165) is 10.5 Å². The molecule has 0 aliphatic carbocycles. The lowest BCUT2D eigenvalue weighted by molar-refractivity contribution is -0.136. The van der Waals surface area contributed by atoms with E-state index in [1.165, 1.54) is 0 Å². The minimum absolute atomic E-state index is 0.123. The van der Waals surface area contributed by atoms with Gasteiger partial charge in [-0.3, -0.25) is 4.79 Å². The molecule has 0 amide bonds. The van der Waals surface area contributed by atoms with Crippen LogP contribution < -0.4 is 0 Å². The summed E-state index contributed by atoms with van der Waals surface area (Å²) < 4.78 is 0. The summed E-state index contributed by atoms with van der Waals surface area (Å²) in [7, 11) is 0. The number of carboxylic acid groups (broad SMARTS) is 1. The van der Waals surface area contributed by atoms with Gasteiger partial charge in [0.2, 0.25) is 0 Å². The number of halogens is 1. The lowest BCUT2D eigenvalue weighted by Gasteiger charge is -2.03. The SMILES string of the molecule is CSc1ccc(CCC(=O)O)c(Cl)c1. The van der Waals surface area contributed by atoms with E-state index in [2.05, 4.69) is 0 Å². The van der Waals surface area contributed by atoms with Crippen LogP contribution in [0.25, 0.3) is 0 Å². The molecule has 14 heavy (non-hydrogen) atoms. The van der Waals surface area contributed by atoms with Crippen molar-refractivity contribution in [3.8, 4) is 0 Å². The van der Waals surface area contributed by atoms with Crippen LogP contribution in [-0.4, -0.2) is 17.3 Å². The number of benzene rings is 1. The molecule has 0 saturated heterocycles. The molecule has 2 nitrogen and oxygen atoms in total. The Hall–Kier alpha value is -0.670. The van der Waals surface area contributed by atoms with Crippen molar-refractivity contribution in [2.75, 3.05) is 6.26 Å². The van der Waals surface area contributed by atoms with Crippen molar-refractivity contribution in [3.63, 3.8) is 0 Å². The van der Waals surface area contributed by atoms with Gasteiger partial charge in [-0.05, 0) is 30.4 Å². The first-order valence-electron chi connectivity index (χ1n) is 4.17. The van der Waals surface area contributed by atoms with Crippen molar-refractivity contribution < 1.29 is 9.90 Å². The van der Waals surface area contributed by atoms with Gasteiger partial charge in [0.1, 0.15) is 0 Å². The van der Waals surface area contributed by atoms with Crippen LogP contribution in [0.2, 0.25) is 5.02 Å². The number of hydrogen-bond donors (Lipinski definition) is 1. The monoisotopic (exact) mass is 230 g/mol. The molecule has 0 aromatic heterocycles. The molecule has 0 saturated carbocycles. The Bertz CT molecular complexity index is 339. The Kier molecular flexibility index (Phi) is 4.29. The fourth-order valence-corrected chi connectivity index (χ4v) is 1.88. The van der Waals surface area contributed by atoms with E-state index in [4.69, 9.17) is 16.7 Å². The van der Waals surface area contributed by atoms with Gasteiger partial charge in [-0.1, -0.05) is 17.7 Å². The number of hydrogen-bond acceptors (Lipinski definition) is 2. The summed E-state index contributed by atoms with van der Waals surface area (Å²) in [5, 5.41) is 9.17. The maximum absolute atomic E-state index is 10.4. The molecule has 4 heteroatoms. The van der Waals surface area contributed by atoms with Crippen LogP contribution in [-0.2, 0) is 11.2 Å². The van der Waals surface area contributed by atoms with E-state index < -0.39 is 5.97 Å².